The SMILES string of the molecule is Cc1cc2ncnc(Nc3ccccc3O)c2cc1C. The van der Waals surface area contributed by atoms with Crippen molar-refractivity contribution in [1.82, 2.24) is 9.97 Å². The van der Waals surface area contributed by atoms with E-state index in [1.165, 1.54) is 17.5 Å². The van der Waals surface area contributed by atoms with Gasteiger partial charge in [-0.05, 0) is 49.2 Å². The van der Waals surface area contributed by atoms with Crippen LogP contribution in [0.5, 0.6) is 5.75 Å². The number of nitrogens with one attached hydrogen (secondary N) is 1. The highest BCUT2D eigenvalue weighted by molar-refractivity contribution is 5.92. The molecule has 0 aliphatic heterocycles. The first-order valence-electron chi connectivity index (χ1n) is 6.42. The molecular formula is C16H15N3O. The van der Waals surface area contributed by atoms with Gasteiger partial charge in [0.25, 0.3) is 0 Å². The summed E-state index contributed by atoms with van der Waals surface area (Å²) in [4.78, 5) is 8.57. The Bertz CT molecular complexity index is 784. The van der Waals surface area contributed by atoms with Crippen LogP contribution in [0.1, 0.15) is 11.1 Å². The predicted molar refractivity (Wildman–Crippen MR) is 80.4 cm³/mol. The van der Waals surface area contributed by atoms with Gasteiger partial charge in [-0.2, -0.15) is 0 Å². The van der Waals surface area contributed by atoms with Crippen LogP contribution in [-0.2, 0) is 0 Å². The average molecular weight is 265 g/mol. The molecule has 4 nitrogen and oxygen atoms in total. The van der Waals surface area contributed by atoms with Crippen LogP contribution in [-0.4, -0.2) is 15.1 Å². The van der Waals surface area contributed by atoms with E-state index in [9.17, 15) is 5.11 Å². The van der Waals surface area contributed by atoms with Crippen LogP contribution < -0.4 is 5.32 Å². The monoisotopic (exact) mass is 265 g/mol. The zero-order chi connectivity index (χ0) is 14.1. The summed E-state index contributed by atoms with van der Waals surface area (Å²) in [6, 6.07) is 11.2. The molecule has 0 amide bonds. The first kappa shape index (κ1) is 12.4. The molecule has 0 aliphatic carbocycles. The summed E-state index contributed by atoms with van der Waals surface area (Å²) >= 11 is 0. The van der Waals surface area contributed by atoms with Crippen LogP contribution >= 0.6 is 0 Å². The highest BCUT2D eigenvalue weighted by Gasteiger charge is 2.07. The maximum Gasteiger partial charge on any atom is 0.141 e. The standard InChI is InChI=1S/C16H15N3O/c1-10-7-12-14(8-11(10)2)17-9-18-16(12)19-13-5-3-4-6-15(13)20/h3-9,20H,1-2H3,(H,17,18,19). The number of phenols is 1. The average Bonchev–Trinajstić information content (AvgIpc) is 2.43. The van der Waals surface area contributed by atoms with Crippen LogP contribution in [0.25, 0.3) is 10.9 Å². The van der Waals surface area contributed by atoms with Crippen LogP contribution in [0.4, 0.5) is 11.5 Å². The molecule has 0 aliphatic rings. The van der Waals surface area contributed by atoms with Crippen molar-refractivity contribution in [1.29, 1.82) is 0 Å². The third-order valence-electron chi connectivity index (χ3n) is 3.41. The summed E-state index contributed by atoms with van der Waals surface area (Å²) in [7, 11) is 0. The van der Waals surface area contributed by atoms with Gasteiger partial charge < -0.3 is 10.4 Å². The molecule has 2 N–H and O–H groups in total. The topological polar surface area (TPSA) is 58.0 Å². The summed E-state index contributed by atoms with van der Waals surface area (Å²) in [6.45, 7) is 4.12. The van der Waals surface area contributed by atoms with E-state index < -0.39 is 0 Å². The highest BCUT2D eigenvalue weighted by Crippen LogP contribution is 2.29. The van der Waals surface area contributed by atoms with Crippen molar-refractivity contribution in [2.24, 2.45) is 0 Å². The van der Waals surface area contributed by atoms with Gasteiger partial charge in [0.1, 0.15) is 17.9 Å². The van der Waals surface area contributed by atoms with Crippen molar-refractivity contribution < 1.29 is 5.11 Å². The molecular weight excluding hydrogens is 250 g/mol. The Hall–Kier alpha value is -2.62. The molecule has 3 aromatic rings. The second-order valence-corrected chi connectivity index (χ2v) is 4.82. The summed E-state index contributed by atoms with van der Waals surface area (Å²) in [5, 5.41) is 13.9. The number of anilines is 2. The zero-order valence-corrected chi connectivity index (χ0v) is 11.4. The van der Waals surface area contributed by atoms with Crippen molar-refractivity contribution in [3.05, 3.63) is 53.9 Å². The fourth-order valence-corrected chi connectivity index (χ4v) is 2.12. The van der Waals surface area contributed by atoms with Crippen molar-refractivity contribution in [2.45, 2.75) is 13.8 Å². The summed E-state index contributed by atoms with van der Waals surface area (Å²) in [5.74, 6) is 0.891. The van der Waals surface area contributed by atoms with Gasteiger partial charge in [-0.3, -0.25) is 0 Å². The Morgan fingerprint density at radius 2 is 1.75 bits per heavy atom. The van der Waals surface area contributed by atoms with E-state index >= 15 is 0 Å². The Labute approximate surface area is 117 Å². The van der Waals surface area contributed by atoms with E-state index in [1.807, 2.05) is 18.2 Å². The maximum absolute atomic E-state index is 9.84. The van der Waals surface area contributed by atoms with E-state index in [0.717, 1.165) is 10.9 Å². The number of hydrogen-bond acceptors (Lipinski definition) is 4. The number of rotatable bonds is 2. The molecule has 2 aromatic carbocycles. The quantitative estimate of drug-likeness (QED) is 0.694. The molecule has 1 heterocycles. The van der Waals surface area contributed by atoms with Gasteiger partial charge >= 0.3 is 0 Å². The van der Waals surface area contributed by atoms with Crippen molar-refractivity contribution in [3.8, 4) is 5.75 Å². The zero-order valence-electron chi connectivity index (χ0n) is 11.4. The minimum atomic E-state index is 0.197. The fourth-order valence-electron chi connectivity index (χ4n) is 2.12. The number of aromatic nitrogens is 2. The molecule has 4 heteroatoms. The van der Waals surface area contributed by atoms with Gasteiger partial charge in [0.05, 0.1) is 11.2 Å². The first-order valence-corrected chi connectivity index (χ1v) is 6.42. The third kappa shape index (κ3) is 2.16. The Morgan fingerprint density at radius 3 is 2.55 bits per heavy atom. The van der Waals surface area contributed by atoms with Crippen LogP contribution in [0.15, 0.2) is 42.7 Å². The number of nitrogens with zero attached hydrogens (tertiary/aromatic N) is 2. The number of para-hydroxylation sites is 2. The number of aromatic hydroxyl groups is 1. The number of benzene rings is 2. The second kappa shape index (κ2) is 4.81. The molecule has 0 saturated heterocycles. The second-order valence-electron chi connectivity index (χ2n) is 4.82. The van der Waals surface area contributed by atoms with E-state index in [1.54, 1.807) is 12.1 Å². The molecule has 0 radical (unpaired) electrons. The van der Waals surface area contributed by atoms with Gasteiger partial charge in [0, 0.05) is 5.39 Å². The van der Waals surface area contributed by atoms with E-state index in [2.05, 4.69) is 35.2 Å². The number of aryl methyl sites for hydroxylation is 2. The lowest BCUT2D eigenvalue weighted by Gasteiger charge is -2.11. The molecule has 0 fully saturated rings. The minimum absolute atomic E-state index is 0.197. The predicted octanol–water partition coefficient (Wildman–Crippen LogP) is 3.70. The molecule has 20 heavy (non-hydrogen) atoms. The third-order valence-corrected chi connectivity index (χ3v) is 3.41. The summed E-state index contributed by atoms with van der Waals surface area (Å²) in [5.41, 5.74) is 3.91. The summed E-state index contributed by atoms with van der Waals surface area (Å²) in [6.07, 6.45) is 1.53. The minimum Gasteiger partial charge on any atom is -0.506 e. The fraction of sp³-hybridized carbons (Fsp3) is 0.125. The molecule has 100 valence electrons. The van der Waals surface area contributed by atoms with Crippen molar-refractivity contribution in [2.75, 3.05) is 5.32 Å². The first-order chi connectivity index (χ1) is 9.65. The van der Waals surface area contributed by atoms with Crippen LogP contribution in [0.2, 0.25) is 0 Å². The maximum atomic E-state index is 9.84. The van der Waals surface area contributed by atoms with E-state index in [0.29, 0.717) is 11.5 Å². The lowest BCUT2D eigenvalue weighted by Crippen LogP contribution is -1.97. The van der Waals surface area contributed by atoms with Gasteiger partial charge in [0.2, 0.25) is 0 Å². The highest BCUT2D eigenvalue weighted by atomic mass is 16.3. The lowest BCUT2D eigenvalue weighted by molar-refractivity contribution is 0.478. The molecule has 0 atom stereocenters. The molecule has 0 bridgehead atoms. The number of fused-ring (bicyclic) bond motifs is 1. The molecule has 1 aromatic heterocycles. The lowest BCUT2D eigenvalue weighted by atomic mass is 10.1. The largest absolute Gasteiger partial charge is 0.506 e. The van der Waals surface area contributed by atoms with Crippen LogP contribution in [0, 0.1) is 13.8 Å². The number of hydrogen-bond donors (Lipinski definition) is 2. The normalized spacial score (nSPS) is 10.7. The molecule has 0 saturated carbocycles. The van der Waals surface area contributed by atoms with Gasteiger partial charge in [-0.15, -0.1) is 0 Å². The van der Waals surface area contributed by atoms with Crippen LogP contribution in [0.3, 0.4) is 0 Å². The molecule has 0 spiro atoms. The Balaban J connectivity index is 2.12. The van der Waals surface area contributed by atoms with Gasteiger partial charge in [-0.25, -0.2) is 9.97 Å². The van der Waals surface area contributed by atoms with E-state index in [4.69, 9.17) is 0 Å². The van der Waals surface area contributed by atoms with Gasteiger partial charge in [0.15, 0.2) is 0 Å². The Kier molecular flexibility index (Phi) is 2.99. The van der Waals surface area contributed by atoms with Crippen molar-refractivity contribution >= 4 is 22.4 Å². The molecule has 3 rings (SSSR count). The molecule has 0 unspecified atom stereocenters. The summed E-state index contributed by atoms with van der Waals surface area (Å²) < 4.78 is 0. The number of phenolic OH excluding ortho intramolecular Hbond substituents is 1. The van der Waals surface area contributed by atoms with Crippen molar-refractivity contribution in [3.63, 3.8) is 0 Å². The van der Waals surface area contributed by atoms with Gasteiger partial charge in [-0.1, -0.05) is 12.1 Å². The smallest absolute Gasteiger partial charge is 0.141 e. The Morgan fingerprint density at radius 1 is 1.00 bits per heavy atom. The van der Waals surface area contributed by atoms with E-state index in [-0.39, 0.29) is 5.75 Å².